The first-order valence-electron chi connectivity index (χ1n) is 6.81. The minimum atomic E-state index is -1.54. The number of benzene rings is 1. The summed E-state index contributed by atoms with van der Waals surface area (Å²) in [6, 6.07) is 5.94. The third-order valence-corrected chi connectivity index (χ3v) is 3.40. The Morgan fingerprint density at radius 2 is 1.73 bits per heavy atom. The number of aromatic nitrogens is 1. The molecule has 1 aromatic heterocycles. The molecule has 0 spiro atoms. The number of aromatic amines is 1. The summed E-state index contributed by atoms with van der Waals surface area (Å²) in [5.41, 5.74) is 12.2. The second kappa shape index (κ2) is 5.88. The van der Waals surface area contributed by atoms with Crippen LogP contribution in [0.1, 0.15) is 35.8 Å². The van der Waals surface area contributed by atoms with Crippen LogP contribution in [0.4, 0.5) is 0 Å². The van der Waals surface area contributed by atoms with E-state index in [1.54, 1.807) is 6.07 Å². The zero-order chi connectivity index (χ0) is 16.4. The van der Waals surface area contributed by atoms with E-state index in [1.807, 2.05) is 18.2 Å². The Balaban J connectivity index is 2.28. The lowest BCUT2D eigenvalue weighted by Gasteiger charge is -2.10. The number of carbonyl (C=O) groups excluding carboxylic acids is 3. The zero-order valence-electron chi connectivity index (χ0n) is 12.3. The highest BCUT2D eigenvalue weighted by Crippen LogP contribution is 2.21. The summed E-state index contributed by atoms with van der Waals surface area (Å²) < 4.78 is 0. The Labute approximate surface area is 127 Å². The van der Waals surface area contributed by atoms with Crippen molar-refractivity contribution in [2.45, 2.75) is 25.8 Å². The normalized spacial score (nSPS) is 11.1. The van der Waals surface area contributed by atoms with Gasteiger partial charge in [0.25, 0.3) is 5.91 Å². The van der Waals surface area contributed by atoms with E-state index < -0.39 is 23.8 Å². The van der Waals surface area contributed by atoms with Crippen LogP contribution in [-0.2, 0) is 9.59 Å². The minimum Gasteiger partial charge on any atom is -0.367 e. The van der Waals surface area contributed by atoms with Gasteiger partial charge in [-0.1, -0.05) is 26.0 Å². The molecule has 0 radical (unpaired) electrons. The number of carbonyl (C=O) groups is 3. The maximum Gasteiger partial charge on any atom is 0.268 e. The van der Waals surface area contributed by atoms with Crippen molar-refractivity contribution < 1.29 is 14.4 Å². The van der Waals surface area contributed by atoms with Crippen molar-refractivity contribution >= 4 is 28.6 Å². The molecule has 7 heteroatoms. The van der Waals surface area contributed by atoms with Crippen LogP contribution in [0.25, 0.3) is 10.9 Å². The van der Waals surface area contributed by atoms with E-state index in [4.69, 9.17) is 11.5 Å². The number of rotatable bonds is 5. The maximum absolute atomic E-state index is 12.1. The molecule has 0 aliphatic rings. The van der Waals surface area contributed by atoms with Gasteiger partial charge in [-0.25, -0.2) is 0 Å². The van der Waals surface area contributed by atoms with Crippen LogP contribution in [0, 0.1) is 0 Å². The molecule has 3 amide bonds. The van der Waals surface area contributed by atoms with Crippen molar-refractivity contribution in [3.63, 3.8) is 0 Å². The van der Waals surface area contributed by atoms with Crippen molar-refractivity contribution in [1.29, 1.82) is 0 Å². The molecule has 0 atom stereocenters. The van der Waals surface area contributed by atoms with Crippen LogP contribution in [0.5, 0.6) is 0 Å². The summed E-state index contributed by atoms with van der Waals surface area (Å²) in [5.74, 6) is -2.26. The van der Waals surface area contributed by atoms with E-state index in [2.05, 4.69) is 24.1 Å². The van der Waals surface area contributed by atoms with Crippen molar-refractivity contribution in [3.05, 3.63) is 35.5 Å². The summed E-state index contributed by atoms with van der Waals surface area (Å²) >= 11 is 0. The van der Waals surface area contributed by atoms with Gasteiger partial charge in [0.1, 0.15) is 5.69 Å². The van der Waals surface area contributed by atoms with Gasteiger partial charge < -0.3 is 21.8 Å². The Morgan fingerprint density at radius 1 is 1.09 bits per heavy atom. The second-order valence-electron chi connectivity index (χ2n) is 5.40. The molecular weight excluding hydrogens is 284 g/mol. The first-order valence-corrected chi connectivity index (χ1v) is 6.81. The summed E-state index contributed by atoms with van der Waals surface area (Å²) in [4.78, 5) is 37.2. The molecule has 6 N–H and O–H groups in total. The van der Waals surface area contributed by atoms with E-state index in [1.165, 1.54) is 0 Å². The molecule has 2 aromatic rings. The predicted molar refractivity (Wildman–Crippen MR) is 82.0 cm³/mol. The van der Waals surface area contributed by atoms with Gasteiger partial charge in [-0.3, -0.25) is 14.4 Å². The number of hydrogen-bond acceptors (Lipinski definition) is 3. The number of nitrogens with two attached hydrogens (primary N) is 2. The van der Waals surface area contributed by atoms with Crippen LogP contribution in [0.15, 0.2) is 24.3 Å². The van der Waals surface area contributed by atoms with Crippen LogP contribution in [0.3, 0.4) is 0 Å². The fourth-order valence-corrected chi connectivity index (χ4v) is 2.12. The highest BCUT2D eigenvalue weighted by atomic mass is 16.2. The topological polar surface area (TPSA) is 131 Å². The van der Waals surface area contributed by atoms with Crippen LogP contribution in [-0.4, -0.2) is 28.7 Å². The number of primary amides is 2. The molecule has 0 saturated carbocycles. The molecule has 0 fully saturated rings. The molecule has 0 unspecified atom stereocenters. The molecular formula is C15H18N4O3. The standard InChI is InChI=1S/C15H18N4O3/c1-7(2)8-3-4-9-6-11(18-10(9)5-8)15(22)19-12(13(16)20)14(17)21/h3-7,12,18H,1-2H3,(H2,16,20)(H2,17,21)(H,19,22). The molecule has 7 nitrogen and oxygen atoms in total. The van der Waals surface area contributed by atoms with Gasteiger partial charge >= 0.3 is 0 Å². The van der Waals surface area contributed by atoms with Gasteiger partial charge in [0.15, 0.2) is 6.04 Å². The molecule has 0 aliphatic heterocycles. The molecule has 1 aromatic carbocycles. The van der Waals surface area contributed by atoms with Gasteiger partial charge in [-0.05, 0) is 23.6 Å². The van der Waals surface area contributed by atoms with E-state index >= 15 is 0 Å². The third kappa shape index (κ3) is 3.08. The highest BCUT2D eigenvalue weighted by molar-refractivity contribution is 6.08. The van der Waals surface area contributed by atoms with E-state index in [0.717, 1.165) is 16.5 Å². The molecule has 1 heterocycles. The Bertz CT molecular complexity index is 734. The Morgan fingerprint density at radius 3 is 2.27 bits per heavy atom. The summed E-state index contributed by atoms with van der Waals surface area (Å²) in [6.07, 6.45) is 0. The number of hydrogen-bond donors (Lipinski definition) is 4. The molecule has 22 heavy (non-hydrogen) atoms. The summed E-state index contributed by atoms with van der Waals surface area (Å²) in [6.45, 7) is 4.14. The minimum absolute atomic E-state index is 0.225. The third-order valence-electron chi connectivity index (χ3n) is 3.40. The van der Waals surface area contributed by atoms with Gasteiger partial charge in [-0.15, -0.1) is 0 Å². The summed E-state index contributed by atoms with van der Waals surface area (Å²) in [5, 5.41) is 3.06. The van der Waals surface area contributed by atoms with Gasteiger partial charge in [-0.2, -0.15) is 0 Å². The van der Waals surface area contributed by atoms with Crippen molar-refractivity contribution in [2.75, 3.05) is 0 Å². The number of fused-ring (bicyclic) bond motifs is 1. The SMILES string of the molecule is CC(C)c1ccc2cc(C(=O)NC(C(N)=O)C(N)=O)[nH]c2c1. The van der Waals surface area contributed by atoms with Gasteiger partial charge in [0.2, 0.25) is 11.8 Å². The highest BCUT2D eigenvalue weighted by Gasteiger charge is 2.25. The largest absolute Gasteiger partial charge is 0.367 e. The fraction of sp³-hybridized carbons (Fsp3) is 0.267. The lowest BCUT2D eigenvalue weighted by molar-refractivity contribution is -0.128. The molecule has 116 valence electrons. The lowest BCUT2D eigenvalue weighted by Crippen LogP contribution is -2.52. The van der Waals surface area contributed by atoms with Crippen molar-refractivity contribution in [2.24, 2.45) is 11.5 Å². The van der Waals surface area contributed by atoms with E-state index in [-0.39, 0.29) is 5.69 Å². The quantitative estimate of drug-likeness (QED) is 0.594. The van der Waals surface area contributed by atoms with Crippen molar-refractivity contribution in [1.82, 2.24) is 10.3 Å². The first kappa shape index (κ1) is 15.6. The maximum atomic E-state index is 12.1. The van der Waals surface area contributed by atoms with Gasteiger partial charge in [0.05, 0.1) is 0 Å². The predicted octanol–water partition coefficient (Wildman–Crippen LogP) is 0.360. The zero-order valence-corrected chi connectivity index (χ0v) is 12.3. The van der Waals surface area contributed by atoms with E-state index in [9.17, 15) is 14.4 Å². The first-order chi connectivity index (χ1) is 10.3. The average Bonchev–Trinajstić information content (AvgIpc) is 2.86. The van der Waals surface area contributed by atoms with E-state index in [0.29, 0.717) is 5.92 Å². The monoisotopic (exact) mass is 302 g/mol. The molecule has 0 bridgehead atoms. The molecule has 0 saturated heterocycles. The fourth-order valence-electron chi connectivity index (χ4n) is 2.12. The second-order valence-corrected chi connectivity index (χ2v) is 5.40. The molecule has 2 rings (SSSR count). The Hall–Kier alpha value is -2.83. The number of nitrogens with one attached hydrogen (secondary N) is 2. The van der Waals surface area contributed by atoms with Crippen LogP contribution >= 0.6 is 0 Å². The van der Waals surface area contributed by atoms with Gasteiger partial charge in [0, 0.05) is 10.9 Å². The smallest absolute Gasteiger partial charge is 0.268 e. The van der Waals surface area contributed by atoms with Crippen molar-refractivity contribution in [3.8, 4) is 0 Å². The number of amides is 3. The number of H-pyrrole nitrogens is 1. The average molecular weight is 302 g/mol. The summed E-state index contributed by atoms with van der Waals surface area (Å²) in [7, 11) is 0. The van der Waals surface area contributed by atoms with Crippen LogP contribution in [0.2, 0.25) is 0 Å². The van der Waals surface area contributed by atoms with Crippen LogP contribution < -0.4 is 16.8 Å². The molecule has 0 aliphatic carbocycles. The lowest BCUT2D eigenvalue weighted by atomic mass is 10.0. The Kier molecular flexibility index (Phi) is 4.16.